The minimum Gasteiger partial charge on any atom is -0.481 e. The molecule has 0 fully saturated rings. The fourth-order valence-electron chi connectivity index (χ4n) is 5.30. The summed E-state index contributed by atoms with van der Waals surface area (Å²) in [4.78, 5) is 57.7. The number of rotatable bonds is 40. The van der Waals surface area contributed by atoms with Gasteiger partial charge < -0.3 is 45.1 Å². The Kier molecular flexibility index (Phi) is 35.9. The molecule has 0 aromatic carbocycles. The number of carboxylic acids is 2. The highest BCUT2D eigenvalue weighted by atomic mass is 16.5. The summed E-state index contributed by atoms with van der Waals surface area (Å²) in [5.74, 6) is -2.36. The average Bonchev–Trinajstić information content (AvgIpc) is 3.11. The number of carbonyl (C=O) groups excluding carboxylic acids is 3. The van der Waals surface area contributed by atoms with Crippen molar-refractivity contribution in [3.8, 4) is 0 Å². The molecule has 0 spiro atoms. The smallest absolute Gasteiger partial charge is 0.326 e. The number of hydrogen-bond acceptors (Lipinski definition) is 9. The minimum absolute atomic E-state index is 0.00293. The SMILES string of the molecule is CCCCNC(=O)COCCOCCNC(=O)COCCOCCCC[C@H](NC(=O)CCCCCCCCCCCCCCCCC(=O)O)C(=O)O. The molecule has 3 amide bonds. The Morgan fingerprint density at radius 2 is 0.942 bits per heavy atom. The van der Waals surface area contributed by atoms with Crippen LogP contribution in [0.25, 0.3) is 0 Å². The second kappa shape index (κ2) is 37.9. The van der Waals surface area contributed by atoms with E-state index in [1.807, 2.05) is 0 Å². The van der Waals surface area contributed by atoms with E-state index in [0.29, 0.717) is 71.8 Å². The van der Waals surface area contributed by atoms with Crippen LogP contribution in [0.2, 0.25) is 0 Å². The zero-order valence-corrected chi connectivity index (χ0v) is 32.1. The van der Waals surface area contributed by atoms with E-state index in [2.05, 4.69) is 22.9 Å². The number of hydrogen-bond donors (Lipinski definition) is 5. The average molecular weight is 746 g/mol. The number of carboxylic acid groups (broad SMARTS) is 2. The van der Waals surface area contributed by atoms with E-state index in [4.69, 9.17) is 24.1 Å². The molecule has 304 valence electrons. The third-order valence-corrected chi connectivity index (χ3v) is 8.34. The molecule has 0 saturated carbocycles. The first-order chi connectivity index (χ1) is 25.3. The molecule has 14 nitrogen and oxygen atoms in total. The number of aliphatic carboxylic acids is 2. The Labute approximate surface area is 312 Å². The van der Waals surface area contributed by atoms with Gasteiger partial charge in [0.05, 0.1) is 33.0 Å². The number of carbonyl (C=O) groups is 5. The second-order valence-corrected chi connectivity index (χ2v) is 13.2. The third kappa shape index (κ3) is 37.0. The molecule has 14 heteroatoms. The maximum Gasteiger partial charge on any atom is 0.326 e. The first-order valence-electron chi connectivity index (χ1n) is 19.8. The lowest BCUT2D eigenvalue weighted by Gasteiger charge is -2.14. The van der Waals surface area contributed by atoms with Gasteiger partial charge in [0.1, 0.15) is 19.3 Å². The lowest BCUT2D eigenvalue weighted by atomic mass is 10.0. The summed E-state index contributed by atoms with van der Waals surface area (Å²) >= 11 is 0. The van der Waals surface area contributed by atoms with Gasteiger partial charge in [-0.15, -0.1) is 0 Å². The number of nitrogens with one attached hydrogen (secondary N) is 3. The molecule has 0 aliphatic rings. The molecule has 0 aliphatic carbocycles. The van der Waals surface area contributed by atoms with Gasteiger partial charge in [0.25, 0.3) is 0 Å². The second-order valence-electron chi connectivity index (χ2n) is 13.2. The van der Waals surface area contributed by atoms with Gasteiger partial charge >= 0.3 is 11.9 Å². The van der Waals surface area contributed by atoms with Crippen molar-refractivity contribution < 1.29 is 53.1 Å². The Morgan fingerprint density at radius 1 is 0.481 bits per heavy atom. The quantitative estimate of drug-likeness (QED) is 0.0520. The van der Waals surface area contributed by atoms with E-state index < -0.39 is 18.0 Å². The van der Waals surface area contributed by atoms with Crippen molar-refractivity contribution in [2.24, 2.45) is 0 Å². The number of ether oxygens (including phenoxy) is 4. The lowest BCUT2D eigenvalue weighted by Crippen LogP contribution is -2.40. The van der Waals surface area contributed by atoms with Crippen LogP contribution in [-0.2, 0) is 42.9 Å². The van der Waals surface area contributed by atoms with Crippen LogP contribution in [0.15, 0.2) is 0 Å². The molecular formula is C38H71N3O11. The summed E-state index contributed by atoms with van der Waals surface area (Å²) in [7, 11) is 0. The topological polar surface area (TPSA) is 199 Å². The summed E-state index contributed by atoms with van der Waals surface area (Å²) in [6.07, 6.45) is 19.7. The van der Waals surface area contributed by atoms with Crippen molar-refractivity contribution in [3.63, 3.8) is 0 Å². The van der Waals surface area contributed by atoms with Gasteiger partial charge in [-0.3, -0.25) is 19.2 Å². The summed E-state index contributed by atoms with van der Waals surface area (Å²) in [6.45, 7) is 4.87. The van der Waals surface area contributed by atoms with Crippen molar-refractivity contribution in [1.29, 1.82) is 0 Å². The standard InChI is InChI=1S/C38H71N3O11/c1-2-3-23-39-35(43)31-52-30-28-50-26-24-40-36(44)32-51-29-27-49-25-19-18-20-33(38(47)48)41-34(42)21-16-14-12-10-8-6-4-5-7-9-11-13-15-17-22-37(45)46/h33H,2-32H2,1H3,(H,39,43)(H,40,44)(H,41,42)(H,45,46)(H,47,48)/t33-/m0/s1. The highest BCUT2D eigenvalue weighted by Crippen LogP contribution is 2.14. The molecule has 0 rings (SSSR count). The molecule has 0 bridgehead atoms. The summed E-state index contributed by atoms with van der Waals surface area (Å²) in [5, 5.41) is 26.3. The van der Waals surface area contributed by atoms with Gasteiger partial charge in [-0.1, -0.05) is 90.4 Å². The van der Waals surface area contributed by atoms with Crippen LogP contribution < -0.4 is 16.0 Å². The summed E-state index contributed by atoms with van der Waals surface area (Å²) < 4.78 is 21.4. The van der Waals surface area contributed by atoms with Crippen LogP contribution in [-0.4, -0.2) is 112 Å². The molecule has 0 saturated heterocycles. The third-order valence-electron chi connectivity index (χ3n) is 8.34. The zero-order valence-electron chi connectivity index (χ0n) is 32.1. The molecule has 1 atom stereocenters. The molecule has 5 N–H and O–H groups in total. The van der Waals surface area contributed by atoms with E-state index in [1.54, 1.807) is 0 Å². The fraction of sp³-hybridized carbons (Fsp3) is 0.868. The van der Waals surface area contributed by atoms with Gasteiger partial charge in [0.15, 0.2) is 0 Å². The van der Waals surface area contributed by atoms with Crippen LogP contribution in [0.4, 0.5) is 0 Å². The van der Waals surface area contributed by atoms with Crippen LogP contribution in [0.1, 0.15) is 142 Å². The maximum atomic E-state index is 12.3. The highest BCUT2D eigenvalue weighted by Gasteiger charge is 2.19. The van der Waals surface area contributed by atoms with Crippen molar-refractivity contribution in [1.82, 2.24) is 16.0 Å². The van der Waals surface area contributed by atoms with Gasteiger partial charge in [-0.2, -0.15) is 0 Å². The van der Waals surface area contributed by atoms with Gasteiger partial charge in [-0.05, 0) is 38.5 Å². The van der Waals surface area contributed by atoms with E-state index in [1.165, 1.54) is 44.9 Å². The van der Waals surface area contributed by atoms with Crippen molar-refractivity contribution in [2.45, 2.75) is 148 Å². The maximum absolute atomic E-state index is 12.3. The van der Waals surface area contributed by atoms with E-state index in [-0.39, 0.29) is 44.0 Å². The molecule has 0 heterocycles. The largest absolute Gasteiger partial charge is 0.481 e. The Balaban J connectivity index is 3.57. The monoisotopic (exact) mass is 746 g/mol. The van der Waals surface area contributed by atoms with E-state index >= 15 is 0 Å². The molecule has 0 aliphatic heterocycles. The van der Waals surface area contributed by atoms with Crippen LogP contribution >= 0.6 is 0 Å². The first-order valence-corrected chi connectivity index (χ1v) is 19.8. The van der Waals surface area contributed by atoms with Crippen molar-refractivity contribution in [2.75, 3.05) is 65.9 Å². The Hall–Kier alpha value is -2.81. The summed E-state index contributed by atoms with van der Waals surface area (Å²) in [6, 6.07) is -0.904. The van der Waals surface area contributed by atoms with E-state index in [9.17, 15) is 29.1 Å². The van der Waals surface area contributed by atoms with E-state index in [0.717, 1.165) is 57.8 Å². The highest BCUT2D eigenvalue weighted by molar-refractivity contribution is 5.83. The number of unbranched alkanes of at least 4 members (excludes halogenated alkanes) is 15. The molecule has 0 unspecified atom stereocenters. The fourth-order valence-corrected chi connectivity index (χ4v) is 5.30. The zero-order chi connectivity index (χ0) is 38.3. The van der Waals surface area contributed by atoms with Crippen LogP contribution in [0, 0.1) is 0 Å². The van der Waals surface area contributed by atoms with Crippen molar-refractivity contribution >= 4 is 29.7 Å². The van der Waals surface area contributed by atoms with Gasteiger partial charge in [0, 0.05) is 32.5 Å². The molecular weight excluding hydrogens is 674 g/mol. The molecule has 52 heavy (non-hydrogen) atoms. The first kappa shape index (κ1) is 49.2. The predicted molar refractivity (Wildman–Crippen MR) is 199 cm³/mol. The van der Waals surface area contributed by atoms with Crippen molar-refractivity contribution in [3.05, 3.63) is 0 Å². The van der Waals surface area contributed by atoms with Crippen LogP contribution in [0.5, 0.6) is 0 Å². The minimum atomic E-state index is -1.03. The number of amides is 3. The van der Waals surface area contributed by atoms with Crippen LogP contribution in [0.3, 0.4) is 0 Å². The molecule has 0 radical (unpaired) electrons. The molecule has 0 aromatic heterocycles. The summed E-state index contributed by atoms with van der Waals surface area (Å²) in [5.41, 5.74) is 0. The Bertz CT molecular complexity index is 907. The lowest BCUT2D eigenvalue weighted by molar-refractivity contribution is -0.142. The van der Waals surface area contributed by atoms with Gasteiger partial charge in [-0.25, -0.2) is 4.79 Å². The normalized spacial score (nSPS) is 11.6. The predicted octanol–water partition coefficient (Wildman–Crippen LogP) is 5.15. The van der Waals surface area contributed by atoms with Gasteiger partial charge in [0.2, 0.25) is 17.7 Å². The Morgan fingerprint density at radius 3 is 1.44 bits per heavy atom. The molecule has 0 aromatic rings.